The summed E-state index contributed by atoms with van der Waals surface area (Å²) >= 11 is 0. The van der Waals surface area contributed by atoms with Gasteiger partial charge in [-0.15, -0.1) is 0 Å². The molecule has 1 aromatic rings. The van der Waals surface area contributed by atoms with Crippen LogP contribution in [0.5, 0.6) is 0 Å². The molecule has 1 aromatic carbocycles. The van der Waals surface area contributed by atoms with E-state index in [1.807, 2.05) is 44.2 Å². The Hall–Kier alpha value is -1.61. The summed E-state index contributed by atoms with van der Waals surface area (Å²) in [5, 5.41) is 3.54. The van der Waals surface area contributed by atoms with Crippen LogP contribution in [0.3, 0.4) is 0 Å². The smallest absolute Gasteiger partial charge is 0.331 e. The van der Waals surface area contributed by atoms with Gasteiger partial charge in [0.15, 0.2) is 0 Å². The molecular weight excluding hydrogens is 274 g/mol. The first-order valence-electron chi connectivity index (χ1n) is 8.25. The maximum absolute atomic E-state index is 11.9. The van der Waals surface area contributed by atoms with Gasteiger partial charge in [0.25, 0.3) is 0 Å². The second-order valence-electron chi connectivity index (χ2n) is 6.64. The molecule has 0 saturated heterocycles. The van der Waals surface area contributed by atoms with Gasteiger partial charge in [-0.25, -0.2) is 4.79 Å². The first kappa shape index (κ1) is 16.8. The van der Waals surface area contributed by atoms with Crippen molar-refractivity contribution in [3.63, 3.8) is 0 Å². The molecule has 0 radical (unpaired) electrons. The molecule has 1 saturated carbocycles. The Balaban J connectivity index is 1.77. The molecule has 0 amide bonds. The highest BCUT2D eigenvalue weighted by atomic mass is 16.6. The summed E-state index contributed by atoms with van der Waals surface area (Å²) in [4.78, 5) is 11.9. The third-order valence-electron chi connectivity index (χ3n) is 4.01. The van der Waals surface area contributed by atoms with E-state index in [-0.39, 0.29) is 5.97 Å². The van der Waals surface area contributed by atoms with E-state index in [1.54, 1.807) is 6.08 Å². The molecule has 1 aliphatic carbocycles. The molecule has 0 atom stereocenters. The number of hydrogen-bond acceptors (Lipinski definition) is 3. The lowest BCUT2D eigenvalue weighted by Crippen LogP contribution is -2.43. The molecule has 0 unspecified atom stereocenters. The molecule has 1 aliphatic rings. The molecule has 120 valence electrons. The Morgan fingerprint density at radius 2 is 1.91 bits per heavy atom. The maximum Gasteiger partial charge on any atom is 0.331 e. The fourth-order valence-electron chi connectivity index (χ4n) is 2.77. The predicted octanol–water partition coefficient (Wildman–Crippen LogP) is 3.94. The summed E-state index contributed by atoms with van der Waals surface area (Å²) < 4.78 is 5.56. The topological polar surface area (TPSA) is 38.3 Å². The molecule has 1 N–H and O–H groups in total. The molecule has 3 heteroatoms. The number of hydrogen-bond donors (Lipinski definition) is 1. The average Bonchev–Trinajstić information content (AvgIpc) is 2.53. The lowest BCUT2D eigenvalue weighted by molar-refractivity contribution is -0.149. The molecule has 0 heterocycles. The zero-order valence-corrected chi connectivity index (χ0v) is 13.7. The standard InChI is InChI=1S/C19H27NO2/c1-19(2,15-20-17-11-7-4-8-12-17)22-18(21)14-13-16-9-5-3-6-10-16/h3,5-6,9-10,13-14,17,20H,4,7-8,11-12,15H2,1-2H3/b14-13+. The highest BCUT2D eigenvalue weighted by Gasteiger charge is 2.23. The van der Waals surface area contributed by atoms with Crippen LogP contribution >= 0.6 is 0 Å². The first-order chi connectivity index (χ1) is 10.6. The molecule has 1 fully saturated rings. The van der Waals surface area contributed by atoms with Crippen LogP contribution < -0.4 is 5.32 Å². The van der Waals surface area contributed by atoms with Crippen LogP contribution in [0.2, 0.25) is 0 Å². The number of esters is 1. The van der Waals surface area contributed by atoms with Gasteiger partial charge in [-0.3, -0.25) is 0 Å². The van der Waals surface area contributed by atoms with Crippen LogP contribution in [0, 0.1) is 0 Å². The number of benzene rings is 1. The number of nitrogens with one attached hydrogen (secondary N) is 1. The van der Waals surface area contributed by atoms with Crippen molar-refractivity contribution in [2.24, 2.45) is 0 Å². The minimum absolute atomic E-state index is 0.292. The highest BCUT2D eigenvalue weighted by molar-refractivity contribution is 5.87. The number of rotatable bonds is 6. The minimum atomic E-state index is -0.491. The second kappa shape index (κ2) is 8.14. The number of carbonyl (C=O) groups is 1. The van der Waals surface area contributed by atoms with Gasteiger partial charge < -0.3 is 10.1 Å². The van der Waals surface area contributed by atoms with E-state index in [1.165, 1.54) is 38.2 Å². The van der Waals surface area contributed by atoms with Gasteiger partial charge in [-0.2, -0.15) is 0 Å². The number of ether oxygens (including phenoxy) is 1. The van der Waals surface area contributed by atoms with Crippen LogP contribution in [0.25, 0.3) is 6.08 Å². The molecule has 0 spiro atoms. The van der Waals surface area contributed by atoms with Gasteiger partial charge in [-0.05, 0) is 38.3 Å². The van der Waals surface area contributed by atoms with Crippen molar-refractivity contribution >= 4 is 12.0 Å². The summed E-state index contributed by atoms with van der Waals surface area (Å²) in [6, 6.07) is 10.3. The van der Waals surface area contributed by atoms with Crippen molar-refractivity contribution in [1.82, 2.24) is 5.32 Å². The van der Waals surface area contributed by atoms with Gasteiger partial charge in [-0.1, -0.05) is 49.6 Å². The van der Waals surface area contributed by atoms with E-state index in [9.17, 15) is 4.79 Å². The van der Waals surface area contributed by atoms with Gasteiger partial charge in [0.1, 0.15) is 5.60 Å². The molecule has 0 bridgehead atoms. The van der Waals surface area contributed by atoms with E-state index in [2.05, 4.69) is 5.32 Å². The third kappa shape index (κ3) is 6.02. The zero-order valence-electron chi connectivity index (χ0n) is 13.7. The molecule has 0 aliphatic heterocycles. The Labute approximate surface area is 133 Å². The monoisotopic (exact) mass is 301 g/mol. The van der Waals surface area contributed by atoms with Crippen molar-refractivity contribution in [3.05, 3.63) is 42.0 Å². The van der Waals surface area contributed by atoms with Gasteiger partial charge in [0.05, 0.1) is 0 Å². The van der Waals surface area contributed by atoms with Crippen LogP contribution in [-0.2, 0) is 9.53 Å². The molecule has 0 aromatic heterocycles. The molecule has 22 heavy (non-hydrogen) atoms. The Kier molecular flexibility index (Phi) is 6.20. The average molecular weight is 301 g/mol. The number of carbonyl (C=O) groups excluding carboxylic acids is 1. The fourth-order valence-corrected chi connectivity index (χ4v) is 2.77. The van der Waals surface area contributed by atoms with Crippen LogP contribution in [0.1, 0.15) is 51.5 Å². The van der Waals surface area contributed by atoms with Crippen LogP contribution in [0.4, 0.5) is 0 Å². The zero-order chi connectivity index (χ0) is 15.8. The van der Waals surface area contributed by atoms with Crippen molar-refractivity contribution in [2.75, 3.05) is 6.54 Å². The minimum Gasteiger partial charge on any atom is -0.455 e. The van der Waals surface area contributed by atoms with Crippen molar-refractivity contribution in [2.45, 2.75) is 57.6 Å². The normalized spacial score (nSPS) is 16.8. The highest BCUT2D eigenvalue weighted by Crippen LogP contribution is 2.18. The third-order valence-corrected chi connectivity index (χ3v) is 4.01. The maximum atomic E-state index is 11.9. The van der Waals surface area contributed by atoms with E-state index < -0.39 is 5.60 Å². The lowest BCUT2D eigenvalue weighted by atomic mass is 9.95. The largest absolute Gasteiger partial charge is 0.455 e. The predicted molar refractivity (Wildman–Crippen MR) is 90.5 cm³/mol. The van der Waals surface area contributed by atoms with Crippen molar-refractivity contribution in [1.29, 1.82) is 0 Å². The quantitative estimate of drug-likeness (QED) is 0.639. The van der Waals surface area contributed by atoms with Crippen molar-refractivity contribution < 1.29 is 9.53 Å². The van der Waals surface area contributed by atoms with Crippen molar-refractivity contribution in [3.8, 4) is 0 Å². The summed E-state index contributed by atoms with van der Waals surface area (Å²) in [7, 11) is 0. The van der Waals surface area contributed by atoms with E-state index in [0.29, 0.717) is 12.6 Å². The van der Waals surface area contributed by atoms with Crippen LogP contribution in [0.15, 0.2) is 36.4 Å². The van der Waals surface area contributed by atoms with E-state index in [4.69, 9.17) is 4.74 Å². The molecular formula is C19H27NO2. The first-order valence-corrected chi connectivity index (χ1v) is 8.25. The lowest BCUT2D eigenvalue weighted by Gasteiger charge is -2.29. The second-order valence-corrected chi connectivity index (χ2v) is 6.64. The Morgan fingerprint density at radius 3 is 2.59 bits per heavy atom. The van der Waals surface area contributed by atoms with Gasteiger partial charge in [0.2, 0.25) is 0 Å². The summed E-state index contributed by atoms with van der Waals surface area (Å²) in [6.45, 7) is 4.61. The summed E-state index contributed by atoms with van der Waals surface area (Å²) in [5.74, 6) is -0.292. The Morgan fingerprint density at radius 1 is 1.23 bits per heavy atom. The van der Waals surface area contributed by atoms with Gasteiger partial charge in [0, 0.05) is 18.7 Å². The molecule has 2 rings (SSSR count). The van der Waals surface area contributed by atoms with E-state index >= 15 is 0 Å². The molecule has 3 nitrogen and oxygen atoms in total. The van der Waals surface area contributed by atoms with E-state index in [0.717, 1.165) is 5.56 Å². The summed E-state index contributed by atoms with van der Waals surface area (Å²) in [6.07, 6.45) is 9.71. The van der Waals surface area contributed by atoms with Gasteiger partial charge >= 0.3 is 5.97 Å². The SMILES string of the molecule is CC(C)(CNC1CCCCC1)OC(=O)/C=C/c1ccccc1. The summed E-state index contributed by atoms with van der Waals surface area (Å²) in [5.41, 5.74) is 0.507. The Bertz CT molecular complexity index is 487. The fraction of sp³-hybridized carbons (Fsp3) is 0.526. The van der Waals surface area contributed by atoms with Crippen LogP contribution in [-0.4, -0.2) is 24.2 Å².